The van der Waals surface area contributed by atoms with Crippen molar-refractivity contribution in [1.29, 1.82) is 0 Å². The molecule has 1 aromatic carbocycles. The van der Waals surface area contributed by atoms with Gasteiger partial charge in [0, 0.05) is 18.7 Å². The molecule has 0 amide bonds. The smallest absolute Gasteiger partial charge is 0.338 e. The fourth-order valence-electron chi connectivity index (χ4n) is 1.36. The Morgan fingerprint density at radius 3 is 2.55 bits per heavy atom. The van der Waals surface area contributed by atoms with Crippen molar-refractivity contribution in [2.24, 2.45) is 5.14 Å². The number of carboxylic acid groups (broad SMARTS) is 1. The third-order valence-electron chi connectivity index (χ3n) is 2.20. The first kappa shape index (κ1) is 16.1. The second-order valence-corrected chi connectivity index (χ2v) is 5.85. The second-order valence-electron chi connectivity index (χ2n) is 3.71. The molecule has 1 rings (SSSR count). The summed E-state index contributed by atoms with van der Waals surface area (Å²) < 4.78 is 21.5. The average Bonchev–Trinajstić information content (AvgIpc) is 2.28. The lowest BCUT2D eigenvalue weighted by atomic mass is 10.1. The first-order chi connectivity index (χ1) is 9.11. The zero-order valence-corrected chi connectivity index (χ0v) is 11.4. The van der Waals surface area contributed by atoms with Crippen LogP contribution in [0.5, 0.6) is 0 Å². The van der Waals surface area contributed by atoms with E-state index < -0.39 is 37.9 Å². The molecule has 0 spiro atoms. The number of non-ortho nitro benzene ring substituents is 1. The van der Waals surface area contributed by atoms with Crippen molar-refractivity contribution >= 4 is 39.0 Å². The summed E-state index contributed by atoms with van der Waals surface area (Å²) in [7, 11) is -3.72. The number of nitrogens with zero attached hydrogens (tertiary/aromatic N) is 1. The number of aromatic carboxylic acids is 1. The van der Waals surface area contributed by atoms with E-state index in [4.69, 9.17) is 21.8 Å². The Labute approximate surface area is 118 Å². The molecule has 11 heteroatoms. The predicted octanol–water partition coefficient (Wildman–Crippen LogP) is 0.647. The number of hydrogen-bond donors (Lipinski definition) is 3. The van der Waals surface area contributed by atoms with Gasteiger partial charge < -0.3 is 10.4 Å². The molecule has 0 atom stereocenters. The van der Waals surface area contributed by atoms with Crippen LogP contribution in [0.25, 0.3) is 0 Å². The Morgan fingerprint density at radius 2 is 2.10 bits per heavy atom. The normalized spacial score (nSPS) is 11.1. The first-order valence-electron chi connectivity index (χ1n) is 5.07. The molecule has 9 nitrogen and oxygen atoms in total. The van der Waals surface area contributed by atoms with Gasteiger partial charge in [-0.05, 0) is 0 Å². The van der Waals surface area contributed by atoms with Gasteiger partial charge in [-0.25, -0.2) is 18.4 Å². The lowest BCUT2D eigenvalue weighted by Crippen LogP contribution is -2.23. The monoisotopic (exact) mass is 323 g/mol. The highest BCUT2D eigenvalue weighted by molar-refractivity contribution is 7.89. The number of nitrogens with one attached hydrogen (secondary N) is 1. The summed E-state index contributed by atoms with van der Waals surface area (Å²) in [5, 5.41) is 26.7. The quantitative estimate of drug-likeness (QED) is 0.513. The number of nitro groups is 1. The van der Waals surface area contributed by atoms with Crippen molar-refractivity contribution in [3.05, 3.63) is 32.8 Å². The summed E-state index contributed by atoms with van der Waals surface area (Å²) in [5.41, 5.74) is -1.02. The van der Waals surface area contributed by atoms with Crippen LogP contribution in [0.1, 0.15) is 10.4 Å². The number of nitrogens with two attached hydrogens (primary N) is 1. The number of benzene rings is 1. The summed E-state index contributed by atoms with van der Waals surface area (Å²) in [6, 6.07) is 1.79. The molecule has 0 heterocycles. The molecule has 0 aliphatic carbocycles. The average molecular weight is 324 g/mol. The summed E-state index contributed by atoms with van der Waals surface area (Å²) in [6.45, 7) is -0.184. The van der Waals surface area contributed by atoms with Crippen LogP contribution in [-0.2, 0) is 10.0 Å². The lowest BCUT2D eigenvalue weighted by Gasteiger charge is -2.11. The highest BCUT2D eigenvalue weighted by atomic mass is 35.5. The van der Waals surface area contributed by atoms with E-state index in [0.717, 1.165) is 12.1 Å². The van der Waals surface area contributed by atoms with Crippen LogP contribution in [0.2, 0.25) is 5.02 Å². The SMILES string of the molecule is NS(=O)(=O)CCNc1c(Cl)cc([N+](=O)[O-])cc1C(=O)O. The maximum absolute atomic E-state index is 11.0. The van der Waals surface area contributed by atoms with E-state index in [1.807, 2.05) is 0 Å². The Bertz CT molecular complexity index is 660. The van der Waals surface area contributed by atoms with E-state index in [-0.39, 0.29) is 17.3 Å². The molecule has 110 valence electrons. The molecule has 0 aliphatic heterocycles. The van der Waals surface area contributed by atoms with Gasteiger partial charge in [0.1, 0.15) is 0 Å². The van der Waals surface area contributed by atoms with Gasteiger partial charge in [0.15, 0.2) is 0 Å². The molecule has 4 N–H and O–H groups in total. The maximum atomic E-state index is 11.0. The van der Waals surface area contributed by atoms with E-state index in [1.165, 1.54) is 0 Å². The maximum Gasteiger partial charge on any atom is 0.338 e. The van der Waals surface area contributed by atoms with Crippen LogP contribution in [0.3, 0.4) is 0 Å². The summed E-state index contributed by atoms with van der Waals surface area (Å²) in [4.78, 5) is 20.9. The number of anilines is 1. The minimum atomic E-state index is -3.72. The standard InChI is InChI=1S/C9H10ClN3O6S/c10-7-4-5(13(16)17)3-6(9(14)15)8(7)12-1-2-20(11,18)19/h3-4,12H,1-2H2,(H,14,15)(H2,11,18,19). The Morgan fingerprint density at radius 1 is 1.50 bits per heavy atom. The number of carbonyl (C=O) groups is 1. The number of carboxylic acids is 1. The van der Waals surface area contributed by atoms with Crippen LogP contribution in [0.15, 0.2) is 12.1 Å². The zero-order valence-electron chi connectivity index (χ0n) is 9.87. The molecular weight excluding hydrogens is 314 g/mol. The Balaban J connectivity index is 3.12. The van der Waals surface area contributed by atoms with Gasteiger partial charge in [0.05, 0.1) is 26.9 Å². The molecule has 0 aromatic heterocycles. The third-order valence-corrected chi connectivity index (χ3v) is 3.28. The zero-order chi connectivity index (χ0) is 15.5. The van der Waals surface area contributed by atoms with Gasteiger partial charge in [0.25, 0.3) is 5.69 Å². The Kier molecular flexibility index (Phi) is 4.87. The second kappa shape index (κ2) is 6.03. The van der Waals surface area contributed by atoms with Crippen LogP contribution >= 0.6 is 11.6 Å². The topological polar surface area (TPSA) is 153 Å². The predicted molar refractivity (Wildman–Crippen MR) is 71.5 cm³/mol. The van der Waals surface area contributed by atoms with E-state index in [9.17, 15) is 23.3 Å². The summed E-state index contributed by atoms with van der Waals surface area (Å²) in [6.07, 6.45) is 0. The van der Waals surface area contributed by atoms with Crippen molar-refractivity contribution in [2.75, 3.05) is 17.6 Å². The van der Waals surface area contributed by atoms with E-state index in [2.05, 4.69) is 5.32 Å². The third kappa shape index (κ3) is 4.33. The summed E-state index contributed by atoms with van der Waals surface area (Å²) in [5.74, 6) is -1.88. The molecular formula is C9H10ClN3O6S. The van der Waals surface area contributed by atoms with Crippen LogP contribution in [0, 0.1) is 10.1 Å². The van der Waals surface area contributed by atoms with E-state index in [0.29, 0.717) is 0 Å². The van der Waals surface area contributed by atoms with Gasteiger partial charge in [-0.3, -0.25) is 10.1 Å². The number of sulfonamides is 1. The van der Waals surface area contributed by atoms with Crippen LogP contribution in [-0.4, -0.2) is 36.7 Å². The number of halogens is 1. The Hall–Kier alpha value is -1.91. The number of primary sulfonamides is 1. The largest absolute Gasteiger partial charge is 0.478 e. The van der Waals surface area contributed by atoms with Gasteiger partial charge in [-0.1, -0.05) is 11.6 Å². The first-order valence-corrected chi connectivity index (χ1v) is 7.16. The molecule has 0 bridgehead atoms. The van der Waals surface area contributed by atoms with E-state index >= 15 is 0 Å². The molecule has 0 saturated carbocycles. The number of rotatable bonds is 6. The molecule has 20 heavy (non-hydrogen) atoms. The van der Waals surface area contributed by atoms with Gasteiger partial charge in [-0.15, -0.1) is 0 Å². The minimum Gasteiger partial charge on any atom is -0.478 e. The van der Waals surface area contributed by atoms with Gasteiger partial charge in [0.2, 0.25) is 10.0 Å². The molecule has 1 aromatic rings. The molecule has 0 unspecified atom stereocenters. The van der Waals surface area contributed by atoms with Crippen LogP contribution in [0.4, 0.5) is 11.4 Å². The van der Waals surface area contributed by atoms with Crippen LogP contribution < -0.4 is 10.5 Å². The molecule has 0 radical (unpaired) electrons. The molecule has 0 aliphatic rings. The molecule has 0 saturated heterocycles. The molecule has 0 fully saturated rings. The van der Waals surface area contributed by atoms with Crippen molar-refractivity contribution in [1.82, 2.24) is 0 Å². The van der Waals surface area contributed by atoms with Crippen molar-refractivity contribution in [3.63, 3.8) is 0 Å². The summed E-state index contributed by atoms with van der Waals surface area (Å²) >= 11 is 5.76. The van der Waals surface area contributed by atoms with Gasteiger partial charge >= 0.3 is 5.97 Å². The van der Waals surface area contributed by atoms with E-state index in [1.54, 1.807) is 0 Å². The van der Waals surface area contributed by atoms with Gasteiger partial charge in [-0.2, -0.15) is 0 Å². The fourth-order valence-corrected chi connectivity index (χ4v) is 2.03. The van der Waals surface area contributed by atoms with Crippen molar-refractivity contribution in [2.45, 2.75) is 0 Å². The highest BCUT2D eigenvalue weighted by Crippen LogP contribution is 2.31. The highest BCUT2D eigenvalue weighted by Gasteiger charge is 2.20. The number of hydrogen-bond acceptors (Lipinski definition) is 6. The van der Waals surface area contributed by atoms with Crippen molar-refractivity contribution < 1.29 is 23.2 Å². The number of nitro benzene ring substituents is 1. The fraction of sp³-hybridized carbons (Fsp3) is 0.222. The minimum absolute atomic E-state index is 0.103. The lowest BCUT2D eigenvalue weighted by molar-refractivity contribution is -0.384. The van der Waals surface area contributed by atoms with Crippen molar-refractivity contribution in [3.8, 4) is 0 Å².